The first-order valence-corrected chi connectivity index (χ1v) is 6.85. The number of amides is 1. The maximum Gasteiger partial charge on any atom is 0.255 e. The summed E-state index contributed by atoms with van der Waals surface area (Å²) in [5, 5.41) is 2.64. The Bertz CT molecular complexity index is 383. The first kappa shape index (κ1) is 15.4. The molecule has 0 unspecified atom stereocenters. The average Bonchev–Trinajstić information content (AvgIpc) is 2.33. The van der Waals surface area contributed by atoms with Crippen molar-refractivity contribution in [1.29, 1.82) is 0 Å². The number of hydrogen-bond acceptors (Lipinski definition) is 2. The van der Waals surface area contributed by atoms with Crippen molar-refractivity contribution in [2.75, 3.05) is 25.6 Å². The normalized spacial score (nSPS) is 10.4. The van der Waals surface area contributed by atoms with Crippen LogP contribution in [0.3, 0.4) is 0 Å². The molecule has 1 aromatic rings. The molecule has 6 heteroatoms. The molecule has 0 saturated carbocycles. The van der Waals surface area contributed by atoms with Crippen LogP contribution < -0.4 is 5.32 Å². The number of halogens is 3. The number of alkyl halides is 1. The van der Waals surface area contributed by atoms with Gasteiger partial charge in [0.15, 0.2) is 0 Å². The third-order valence-electron chi connectivity index (χ3n) is 2.16. The van der Waals surface area contributed by atoms with Crippen molar-refractivity contribution in [3.63, 3.8) is 0 Å². The Morgan fingerprint density at radius 1 is 1.44 bits per heavy atom. The minimum absolute atomic E-state index is 0.0270. The molecule has 18 heavy (non-hydrogen) atoms. The quantitative estimate of drug-likeness (QED) is 0.613. The lowest BCUT2D eigenvalue weighted by Crippen LogP contribution is -2.26. The summed E-state index contributed by atoms with van der Waals surface area (Å²) in [6.45, 7) is 1.45. The Hall–Kier alpha value is -0.650. The molecule has 100 valence electrons. The van der Waals surface area contributed by atoms with E-state index in [2.05, 4.69) is 21.2 Å². The number of carbonyl (C=O) groups is 1. The molecule has 1 rings (SSSR count). The molecule has 1 N–H and O–H groups in total. The van der Waals surface area contributed by atoms with Gasteiger partial charge in [-0.2, -0.15) is 0 Å². The van der Waals surface area contributed by atoms with Gasteiger partial charge in [-0.1, -0.05) is 6.07 Å². The van der Waals surface area contributed by atoms with Crippen LogP contribution in [0.15, 0.2) is 22.7 Å². The van der Waals surface area contributed by atoms with Crippen molar-refractivity contribution in [1.82, 2.24) is 5.32 Å². The molecule has 0 fully saturated rings. The maximum absolute atomic E-state index is 13.4. The van der Waals surface area contributed by atoms with E-state index in [0.29, 0.717) is 36.5 Å². The summed E-state index contributed by atoms with van der Waals surface area (Å²) >= 11 is 8.59. The van der Waals surface area contributed by atoms with Gasteiger partial charge in [0.2, 0.25) is 0 Å². The van der Waals surface area contributed by atoms with Gasteiger partial charge in [0.25, 0.3) is 5.91 Å². The highest BCUT2D eigenvalue weighted by molar-refractivity contribution is 9.10. The molecular weight excluding hydrogens is 324 g/mol. The second kappa shape index (κ2) is 8.45. The van der Waals surface area contributed by atoms with E-state index in [1.165, 1.54) is 12.1 Å². The van der Waals surface area contributed by atoms with Crippen LogP contribution in [-0.2, 0) is 4.74 Å². The molecule has 0 saturated heterocycles. The lowest BCUT2D eigenvalue weighted by molar-refractivity contribution is 0.0939. The van der Waals surface area contributed by atoms with Gasteiger partial charge in [0.1, 0.15) is 5.82 Å². The standard InChI is InChI=1S/C12H14BrClFNO2/c13-9-3-1-4-10(15)11(9)12(17)16-6-2-7-18-8-5-14/h1,3-4H,2,5-8H2,(H,16,17). The Balaban J connectivity index is 2.37. The number of ether oxygens (including phenoxy) is 1. The fraction of sp³-hybridized carbons (Fsp3) is 0.417. The highest BCUT2D eigenvalue weighted by Gasteiger charge is 2.14. The first-order chi connectivity index (χ1) is 8.66. The summed E-state index contributed by atoms with van der Waals surface area (Å²) in [5.41, 5.74) is 0.0270. The van der Waals surface area contributed by atoms with Crippen molar-refractivity contribution in [3.8, 4) is 0 Å². The smallest absolute Gasteiger partial charge is 0.255 e. The van der Waals surface area contributed by atoms with Gasteiger partial charge in [-0.3, -0.25) is 4.79 Å². The SMILES string of the molecule is O=C(NCCCOCCCl)c1c(F)cccc1Br. The topological polar surface area (TPSA) is 38.3 Å². The highest BCUT2D eigenvalue weighted by atomic mass is 79.9. The zero-order chi connectivity index (χ0) is 13.4. The number of hydrogen-bond donors (Lipinski definition) is 1. The van der Waals surface area contributed by atoms with E-state index in [9.17, 15) is 9.18 Å². The third-order valence-corrected chi connectivity index (χ3v) is 2.98. The minimum Gasteiger partial charge on any atom is -0.380 e. The van der Waals surface area contributed by atoms with E-state index in [0.717, 1.165) is 0 Å². The van der Waals surface area contributed by atoms with E-state index in [1.54, 1.807) is 6.07 Å². The van der Waals surface area contributed by atoms with Crippen LogP contribution in [0.1, 0.15) is 16.8 Å². The summed E-state index contributed by atoms with van der Waals surface area (Å²) in [6.07, 6.45) is 0.661. The van der Waals surface area contributed by atoms with Crippen LogP contribution in [0.4, 0.5) is 4.39 Å². The summed E-state index contributed by atoms with van der Waals surface area (Å²) in [6, 6.07) is 4.42. The Morgan fingerprint density at radius 2 is 2.22 bits per heavy atom. The van der Waals surface area contributed by atoms with Crippen molar-refractivity contribution in [3.05, 3.63) is 34.1 Å². The average molecular weight is 339 g/mol. The van der Waals surface area contributed by atoms with E-state index >= 15 is 0 Å². The van der Waals surface area contributed by atoms with Crippen LogP contribution >= 0.6 is 27.5 Å². The van der Waals surface area contributed by atoms with Gasteiger partial charge >= 0.3 is 0 Å². The Labute approximate surface area is 119 Å². The summed E-state index contributed by atoms with van der Waals surface area (Å²) in [5.74, 6) is -0.522. The van der Waals surface area contributed by atoms with Gasteiger partial charge in [-0.25, -0.2) is 4.39 Å². The molecule has 0 aromatic heterocycles. The van der Waals surface area contributed by atoms with Gasteiger partial charge in [0.05, 0.1) is 12.2 Å². The minimum atomic E-state index is -0.541. The third kappa shape index (κ3) is 4.92. The monoisotopic (exact) mass is 337 g/mol. The van der Waals surface area contributed by atoms with Gasteiger partial charge < -0.3 is 10.1 Å². The number of carbonyl (C=O) groups excluding carboxylic acids is 1. The Kier molecular flexibility index (Phi) is 7.23. The molecule has 0 spiro atoms. The van der Waals surface area contributed by atoms with Crippen molar-refractivity contribution in [2.24, 2.45) is 0 Å². The second-order valence-electron chi connectivity index (χ2n) is 3.51. The molecule has 0 atom stereocenters. The second-order valence-corrected chi connectivity index (χ2v) is 4.74. The van der Waals surface area contributed by atoms with E-state index in [4.69, 9.17) is 16.3 Å². The zero-order valence-corrected chi connectivity index (χ0v) is 12.1. The Morgan fingerprint density at radius 3 is 2.89 bits per heavy atom. The van der Waals surface area contributed by atoms with Gasteiger partial charge in [-0.05, 0) is 34.5 Å². The molecule has 0 aliphatic heterocycles. The van der Waals surface area contributed by atoms with Crippen LogP contribution in [-0.4, -0.2) is 31.5 Å². The van der Waals surface area contributed by atoms with Crippen molar-refractivity contribution < 1.29 is 13.9 Å². The van der Waals surface area contributed by atoms with Gasteiger partial charge in [0, 0.05) is 23.5 Å². The highest BCUT2D eigenvalue weighted by Crippen LogP contribution is 2.19. The molecule has 3 nitrogen and oxygen atoms in total. The van der Waals surface area contributed by atoms with E-state index in [-0.39, 0.29) is 5.56 Å². The molecule has 1 amide bonds. The first-order valence-electron chi connectivity index (χ1n) is 5.52. The van der Waals surface area contributed by atoms with Crippen LogP contribution in [0, 0.1) is 5.82 Å². The summed E-state index contributed by atoms with van der Waals surface area (Å²) in [4.78, 5) is 11.7. The van der Waals surface area contributed by atoms with Crippen molar-refractivity contribution >= 4 is 33.4 Å². The predicted molar refractivity (Wildman–Crippen MR) is 72.6 cm³/mol. The maximum atomic E-state index is 13.4. The molecule has 0 radical (unpaired) electrons. The molecule has 1 aromatic carbocycles. The van der Waals surface area contributed by atoms with Crippen LogP contribution in [0.25, 0.3) is 0 Å². The summed E-state index contributed by atoms with van der Waals surface area (Å²) in [7, 11) is 0. The zero-order valence-electron chi connectivity index (χ0n) is 9.72. The molecule has 0 aliphatic rings. The largest absolute Gasteiger partial charge is 0.380 e. The summed E-state index contributed by atoms with van der Waals surface area (Å²) < 4.78 is 19.0. The molecular formula is C12H14BrClFNO2. The van der Waals surface area contributed by atoms with Crippen molar-refractivity contribution in [2.45, 2.75) is 6.42 Å². The number of benzene rings is 1. The van der Waals surface area contributed by atoms with Crippen LogP contribution in [0.2, 0.25) is 0 Å². The van der Waals surface area contributed by atoms with E-state index in [1.807, 2.05) is 0 Å². The molecule has 0 heterocycles. The lowest BCUT2D eigenvalue weighted by Gasteiger charge is -2.07. The molecule has 0 bridgehead atoms. The molecule has 0 aliphatic carbocycles. The van der Waals surface area contributed by atoms with Crippen LogP contribution in [0.5, 0.6) is 0 Å². The fourth-order valence-corrected chi connectivity index (χ4v) is 1.97. The lowest BCUT2D eigenvalue weighted by atomic mass is 10.2. The predicted octanol–water partition coefficient (Wildman–Crippen LogP) is 2.96. The number of rotatable bonds is 7. The fourth-order valence-electron chi connectivity index (χ4n) is 1.34. The van der Waals surface area contributed by atoms with E-state index < -0.39 is 11.7 Å². The number of nitrogens with one attached hydrogen (secondary N) is 1. The van der Waals surface area contributed by atoms with Gasteiger partial charge in [-0.15, -0.1) is 11.6 Å².